The molecule has 0 atom stereocenters. The number of aryl methyl sites for hydroxylation is 1. The summed E-state index contributed by atoms with van der Waals surface area (Å²) in [6, 6.07) is 10.2. The predicted octanol–water partition coefficient (Wildman–Crippen LogP) is 3.85. The number of aromatic nitrogens is 1. The topological polar surface area (TPSA) is 77.5 Å². The molecule has 9 heteroatoms. The first-order chi connectivity index (χ1) is 12.5. The minimum atomic E-state index is -0.679. The van der Waals surface area contributed by atoms with E-state index in [9.17, 15) is 19.3 Å². The average molecular weight is 391 g/mol. The lowest BCUT2D eigenvalue weighted by atomic mass is 10.2. The number of fused-ring (bicyclic) bond motifs is 1. The fourth-order valence-electron chi connectivity index (χ4n) is 2.44. The second-order valence-corrected chi connectivity index (χ2v) is 7.33. The number of carbonyl (C=O) groups excluding carboxylic acids is 1. The molecule has 0 unspecified atom stereocenters. The van der Waals surface area contributed by atoms with Gasteiger partial charge in [-0.1, -0.05) is 23.5 Å². The smallest absolute Gasteiger partial charge is 0.282 e. The first-order valence-electron chi connectivity index (χ1n) is 7.61. The van der Waals surface area contributed by atoms with E-state index in [2.05, 4.69) is 4.99 Å². The van der Waals surface area contributed by atoms with Crippen molar-refractivity contribution in [1.82, 2.24) is 4.57 Å². The van der Waals surface area contributed by atoms with Gasteiger partial charge in [0.05, 0.1) is 20.7 Å². The molecule has 3 rings (SSSR count). The van der Waals surface area contributed by atoms with E-state index < -0.39 is 16.6 Å². The van der Waals surface area contributed by atoms with E-state index in [4.69, 9.17) is 0 Å². The van der Waals surface area contributed by atoms with E-state index in [1.165, 1.54) is 41.7 Å². The molecule has 6 nitrogen and oxygen atoms in total. The van der Waals surface area contributed by atoms with Crippen molar-refractivity contribution >= 4 is 44.9 Å². The third kappa shape index (κ3) is 3.68. The quantitative estimate of drug-likeness (QED) is 0.489. The second kappa shape index (κ2) is 7.79. The molecule has 0 N–H and O–H groups in total. The summed E-state index contributed by atoms with van der Waals surface area (Å²) < 4.78 is 16.3. The number of thiazole rings is 1. The average Bonchev–Trinajstić information content (AvgIpc) is 2.96. The second-order valence-electron chi connectivity index (χ2n) is 5.34. The molecule has 1 heterocycles. The van der Waals surface area contributed by atoms with Gasteiger partial charge in [-0.3, -0.25) is 14.9 Å². The number of amides is 1. The highest BCUT2D eigenvalue weighted by molar-refractivity contribution is 7.98. The highest BCUT2D eigenvalue weighted by Gasteiger charge is 2.14. The van der Waals surface area contributed by atoms with Crippen molar-refractivity contribution < 1.29 is 14.1 Å². The molecule has 0 saturated carbocycles. The van der Waals surface area contributed by atoms with Crippen molar-refractivity contribution in [2.45, 2.75) is 6.54 Å². The number of nitro groups is 1. The van der Waals surface area contributed by atoms with E-state index in [-0.39, 0.29) is 11.3 Å². The van der Waals surface area contributed by atoms with Crippen molar-refractivity contribution in [1.29, 1.82) is 0 Å². The Balaban J connectivity index is 2.15. The fourth-order valence-corrected chi connectivity index (χ4v) is 3.89. The lowest BCUT2D eigenvalue weighted by molar-refractivity contribution is -0.384. The van der Waals surface area contributed by atoms with Gasteiger partial charge in [0.1, 0.15) is 5.82 Å². The largest absolute Gasteiger partial charge is 0.315 e. The minimum absolute atomic E-state index is 0.0252. The molecule has 3 aromatic rings. The van der Waals surface area contributed by atoms with Crippen LogP contribution in [0.2, 0.25) is 0 Å². The number of rotatable bonds is 5. The summed E-state index contributed by atoms with van der Waals surface area (Å²) in [5, 5.41) is 11.0. The van der Waals surface area contributed by atoms with Crippen LogP contribution < -0.4 is 4.80 Å². The molecule has 1 aromatic heterocycles. The number of nitrogens with zero attached hydrogens (tertiary/aromatic N) is 3. The van der Waals surface area contributed by atoms with Crippen LogP contribution in [-0.4, -0.2) is 27.4 Å². The van der Waals surface area contributed by atoms with Crippen LogP contribution in [0, 0.1) is 15.9 Å². The van der Waals surface area contributed by atoms with E-state index >= 15 is 0 Å². The van der Waals surface area contributed by atoms with Crippen LogP contribution in [0.3, 0.4) is 0 Å². The standard InChI is InChI=1S/C17H14FN3O3S2/c1-25-9-8-20-14-7-6-11(21(23)24)10-15(14)26-17(20)19-16(22)12-4-2-3-5-13(12)18/h2-7,10H,8-9H2,1H3. The lowest BCUT2D eigenvalue weighted by Crippen LogP contribution is -2.18. The zero-order chi connectivity index (χ0) is 18.7. The van der Waals surface area contributed by atoms with Gasteiger partial charge >= 0.3 is 0 Å². The Bertz CT molecular complexity index is 1060. The Morgan fingerprint density at radius 2 is 2.12 bits per heavy atom. The van der Waals surface area contributed by atoms with Crippen molar-refractivity contribution in [2.75, 3.05) is 12.0 Å². The molecule has 0 aliphatic carbocycles. The Morgan fingerprint density at radius 1 is 1.35 bits per heavy atom. The number of non-ortho nitro benzene ring substituents is 1. The molecule has 0 aliphatic heterocycles. The number of thioether (sulfide) groups is 1. The first-order valence-corrected chi connectivity index (χ1v) is 9.82. The van der Waals surface area contributed by atoms with Gasteiger partial charge in [-0.25, -0.2) is 4.39 Å². The van der Waals surface area contributed by atoms with Crippen molar-refractivity contribution in [3.8, 4) is 0 Å². The maximum absolute atomic E-state index is 13.8. The minimum Gasteiger partial charge on any atom is -0.315 e. The molecule has 0 aliphatic rings. The van der Waals surface area contributed by atoms with Crippen molar-refractivity contribution in [3.63, 3.8) is 0 Å². The van der Waals surface area contributed by atoms with Crippen LogP contribution in [-0.2, 0) is 6.54 Å². The molecule has 26 heavy (non-hydrogen) atoms. The van der Waals surface area contributed by atoms with Crippen LogP contribution >= 0.6 is 23.1 Å². The Morgan fingerprint density at radius 3 is 2.81 bits per heavy atom. The summed E-state index contributed by atoms with van der Waals surface area (Å²) in [5.41, 5.74) is 0.629. The normalized spacial score (nSPS) is 11.8. The number of nitro benzene ring substituents is 1. The Labute approximate surface area is 156 Å². The van der Waals surface area contributed by atoms with Crippen LogP contribution in [0.15, 0.2) is 47.5 Å². The van der Waals surface area contributed by atoms with Crippen LogP contribution in [0.1, 0.15) is 10.4 Å². The van der Waals surface area contributed by atoms with Crippen molar-refractivity contribution in [2.24, 2.45) is 4.99 Å². The summed E-state index contributed by atoms with van der Waals surface area (Å²) in [4.78, 5) is 27.4. The van der Waals surface area contributed by atoms with Gasteiger partial charge in [0, 0.05) is 24.4 Å². The van der Waals surface area contributed by atoms with Gasteiger partial charge in [-0.15, -0.1) is 0 Å². The summed E-state index contributed by atoms with van der Waals surface area (Å²) in [6.45, 7) is 0.586. The maximum atomic E-state index is 13.8. The van der Waals surface area contributed by atoms with Crippen LogP contribution in [0.5, 0.6) is 0 Å². The number of hydrogen-bond donors (Lipinski definition) is 0. The van der Waals surface area contributed by atoms with E-state index in [1.54, 1.807) is 23.9 Å². The third-order valence-corrected chi connectivity index (χ3v) is 5.33. The molecule has 0 fully saturated rings. The van der Waals surface area contributed by atoms with Crippen LogP contribution in [0.4, 0.5) is 10.1 Å². The summed E-state index contributed by atoms with van der Waals surface area (Å²) in [7, 11) is 0. The van der Waals surface area contributed by atoms with Gasteiger partial charge in [-0.05, 0) is 24.5 Å². The van der Waals surface area contributed by atoms with Gasteiger partial charge in [0.15, 0.2) is 4.80 Å². The molecule has 0 bridgehead atoms. The van der Waals surface area contributed by atoms with E-state index in [0.29, 0.717) is 16.0 Å². The van der Waals surface area contributed by atoms with Gasteiger partial charge in [0.25, 0.3) is 11.6 Å². The molecular formula is C17H14FN3O3S2. The maximum Gasteiger partial charge on any atom is 0.282 e. The molecule has 0 radical (unpaired) electrons. The zero-order valence-electron chi connectivity index (χ0n) is 13.7. The SMILES string of the molecule is CSCCn1c(=NC(=O)c2ccccc2F)sc2cc([N+](=O)[O-])ccc21. The highest BCUT2D eigenvalue weighted by Crippen LogP contribution is 2.23. The van der Waals surface area contributed by atoms with Crippen LogP contribution in [0.25, 0.3) is 10.2 Å². The third-order valence-electron chi connectivity index (χ3n) is 3.70. The van der Waals surface area contributed by atoms with Gasteiger partial charge in [0.2, 0.25) is 0 Å². The number of benzene rings is 2. The van der Waals surface area contributed by atoms with E-state index in [1.807, 2.05) is 10.8 Å². The molecular weight excluding hydrogens is 377 g/mol. The lowest BCUT2D eigenvalue weighted by Gasteiger charge is -2.03. The highest BCUT2D eigenvalue weighted by atomic mass is 32.2. The molecule has 0 spiro atoms. The monoisotopic (exact) mass is 391 g/mol. The molecule has 0 saturated heterocycles. The fraction of sp³-hybridized carbons (Fsp3) is 0.176. The molecule has 134 valence electrons. The predicted molar refractivity (Wildman–Crippen MR) is 101 cm³/mol. The molecule has 2 aromatic carbocycles. The van der Waals surface area contributed by atoms with Crippen molar-refractivity contribution in [3.05, 3.63) is 68.8 Å². The number of hydrogen-bond acceptors (Lipinski definition) is 5. The van der Waals surface area contributed by atoms with Gasteiger partial charge in [-0.2, -0.15) is 16.8 Å². The molecule has 1 amide bonds. The Kier molecular flexibility index (Phi) is 5.48. The number of halogens is 1. The first kappa shape index (κ1) is 18.3. The summed E-state index contributed by atoms with van der Waals surface area (Å²) in [6.07, 6.45) is 1.96. The number of carbonyl (C=O) groups is 1. The Hall–Kier alpha value is -2.52. The summed E-state index contributed by atoms with van der Waals surface area (Å²) >= 11 is 2.81. The zero-order valence-corrected chi connectivity index (χ0v) is 15.3. The van der Waals surface area contributed by atoms with E-state index in [0.717, 1.165) is 11.3 Å². The van der Waals surface area contributed by atoms with Gasteiger partial charge < -0.3 is 4.57 Å². The summed E-state index contributed by atoms with van der Waals surface area (Å²) in [5.74, 6) is -0.528.